The fraction of sp³-hybridized carbons (Fsp3) is 0.333. The Hall–Kier alpha value is -1.43. The minimum atomic E-state index is -3.55. The van der Waals surface area contributed by atoms with E-state index < -0.39 is 23.9 Å². The lowest BCUT2D eigenvalue weighted by Gasteiger charge is -2.16. The smallest absolute Gasteiger partial charge is 0.309 e. The molecule has 0 saturated heterocycles. The molecule has 0 fully saturated rings. The first-order valence-corrected chi connectivity index (χ1v) is 4.55. The lowest BCUT2D eigenvalue weighted by Crippen LogP contribution is -2.19. The number of alkyl halides is 2. The van der Waals surface area contributed by atoms with E-state index in [2.05, 4.69) is 9.72 Å². The fourth-order valence-corrected chi connectivity index (χ4v) is 1.28. The zero-order chi connectivity index (χ0) is 12.3. The van der Waals surface area contributed by atoms with Crippen LogP contribution < -0.4 is 4.74 Å². The van der Waals surface area contributed by atoms with Crippen molar-refractivity contribution in [2.24, 2.45) is 0 Å². The summed E-state index contributed by atoms with van der Waals surface area (Å²) in [6.07, 6.45) is -1.33. The molecule has 0 aliphatic rings. The van der Waals surface area contributed by atoms with Gasteiger partial charge >= 0.3 is 5.97 Å². The second kappa shape index (κ2) is 4.61. The Bertz CT molecular complexity index is 412. The van der Waals surface area contributed by atoms with E-state index in [0.717, 1.165) is 19.2 Å². The lowest BCUT2D eigenvalue weighted by atomic mass is 10.1. The number of carboxylic acid groups (broad SMARTS) is 1. The van der Waals surface area contributed by atoms with Crippen LogP contribution in [0.4, 0.5) is 8.78 Å². The van der Waals surface area contributed by atoms with Gasteiger partial charge in [0.2, 0.25) is 5.88 Å². The fourth-order valence-electron chi connectivity index (χ4n) is 1.14. The van der Waals surface area contributed by atoms with Gasteiger partial charge in [0.15, 0.2) is 0 Å². The SMILES string of the molecule is COc1nc(Cl)ccc1C(F)(F)CC(=O)O. The van der Waals surface area contributed by atoms with Crippen LogP contribution in [0.25, 0.3) is 0 Å². The average molecular weight is 252 g/mol. The Kier molecular flexibility index (Phi) is 3.64. The third-order valence-electron chi connectivity index (χ3n) is 1.79. The summed E-state index contributed by atoms with van der Waals surface area (Å²) in [5.74, 6) is -5.53. The van der Waals surface area contributed by atoms with Crippen LogP contribution in [-0.4, -0.2) is 23.2 Å². The Balaban J connectivity index is 3.15. The standard InChI is InChI=1S/C9H8ClF2NO3/c1-16-8-5(2-3-6(10)13-8)9(11,12)4-7(14)15/h2-3H,4H2,1H3,(H,14,15). The second-order valence-electron chi connectivity index (χ2n) is 2.97. The minimum Gasteiger partial charge on any atom is -0.481 e. The van der Waals surface area contributed by atoms with Crippen LogP contribution in [0.2, 0.25) is 5.15 Å². The summed E-state index contributed by atoms with van der Waals surface area (Å²) < 4.78 is 31.5. The number of halogens is 3. The third-order valence-corrected chi connectivity index (χ3v) is 2.00. The highest BCUT2D eigenvalue weighted by Crippen LogP contribution is 2.37. The number of ether oxygens (including phenoxy) is 1. The molecule has 0 aromatic carbocycles. The van der Waals surface area contributed by atoms with Gasteiger partial charge < -0.3 is 9.84 Å². The van der Waals surface area contributed by atoms with Crippen LogP contribution in [0, 0.1) is 0 Å². The number of hydrogen-bond acceptors (Lipinski definition) is 3. The Morgan fingerprint density at radius 3 is 2.75 bits per heavy atom. The minimum absolute atomic E-state index is 0.00766. The molecule has 0 atom stereocenters. The van der Waals surface area contributed by atoms with Crippen LogP contribution in [-0.2, 0) is 10.7 Å². The van der Waals surface area contributed by atoms with Gasteiger partial charge in [-0.25, -0.2) is 13.8 Å². The largest absolute Gasteiger partial charge is 0.481 e. The molecule has 16 heavy (non-hydrogen) atoms. The van der Waals surface area contributed by atoms with Crippen molar-refractivity contribution in [3.05, 3.63) is 22.8 Å². The molecule has 0 spiro atoms. The van der Waals surface area contributed by atoms with E-state index in [4.69, 9.17) is 16.7 Å². The van der Waals surface area contributed by atoms with E-state index in [1.807, 2.05) is 0 Å². The van der Waals surface area contributed by atoms with Gasteiger partial charge in [0.1, 0.15) is 11.6 Å². The van der Waals surface area contributed by atoms with Crippen molar-refractivity contribution < 1.29 is 23.4 Å². The number of hydrogen-bond donors (Lipinski definition) is 1. The summed E-state index contributed by atoms with van der Waals surface area (Å²) in [5, 5.41) is 8.35. The Morgan fingerprint density at radius 1 is 1.62 bits per heavy atom. The summed E-state index contributed by atoms with van der Waals surface area (Å²) in [5.41, 5.74) is -0.596. The van der Waals surface area contributed by atoms with Crippen LogP contribution in [0.15, 0.2) is 12.1 Å². The molecule has 88 valence electrons. The molecule has 0 aliphatic heterocycles. The average Bonchev–Trinajstić information content (AvgIpc) is 2.15. The number of aliphatic carboxylic acids is 1. The van der Waals surface area contributed by atoms with Crippen LogP contribution in [0.3, 0.4) is 0 Å². The Labute approximate surface area is 94.8 Å². The number of carboxylic acids is 1. The number of rotatable bonds is 4. The molecule has 1 rings (SSSR count). The summed E-state index contributed by atoms with van der Waals surface area (Å²) in [6, 6.07) is 2.15. The van der Waals surface area contributed by atoms with Gasteiger partial charge in [0, 0.05) is 0 Å². The molecule has 1 aromatic rings. The van der Waals surface area contributed by atoms with Gasteiger partial charge in [-0.1, -0.05) is 11.6 Å². The summed E-state index contributed by atoms with van der Waals surface area (Å²) in [6.45, 7) is 0. The molecular weight excluding hydrogens is 244 g/mol. The maximum Gasteiger partial charge on any atom is 0.309 e. The first-order chi connectivity index (χ1) is 7.36. The van der Waals surface area contributed by atoms with Gasteiger partial charge in [-0.05, 0) is 12.1 Å². The number of carbonyl (C=O) groups is 1. The van der Waals surface area contributed by atoms with Crippen molar-refractivity contribution in [2.75, 3.05) is 7.11 Å². The van der Waals surface area contributed by atoms with Crippen molar-refractivity contribution >= 4 is 17.6 Å². The monoisotopic (exact) mass is 251 g/mol. The van der Waals surface area contributed by atoms with E-state index in [-0.39, 0.29) is 11.0 Å². The predicted molar refractivity (Wildman–Crippen MR) is 51.9 cm³/mol. The van der Waals surface area contributed by atoms with Gasteiger partial charge in [-0.15, -0.1) is 0 Å². The van der Waals surface area contributed by atoms with Crippen molar-refractivity contribution in [3.8, 4) is 5.88 Å². The second-order valence-corrected chi connectivity index (χ2v) is 3.35. The quantitative estimate of drug-likeness (QED) is 0.835. The topological polar surface area (TPSA) is 59.4 Å². The molecule has 0 saturated carbocycles. The van der Waals surface area contributed by atoms with E-state index in [1.165, 1.54) is 0 Å². The van der Waals surface area contributed by atoms with Gasteiger partial charge in [-0.2, -0.15) is 0 Å². The zero-order valence-corrected chi connectivity index (χ0v) is 8.96. The summed E-state index contributed by atoms with van der Waals surface area (Å²) in [7, 11) is 1.15. The van der Waals surface area contributed by atoms with E-state index in [9.17, 15) is 13.6 Å². The summed E-state index contributed by atoms with van der Waals surface area (Å²) >= 11 is 5.50. The number of aromatic nitrogens is 1. The van der Waals surface area contributed by atoms with E-state index in [1.54, 1.807) is 0 Å². The molecule has 0 aliphatic carbocycles. The van der Waals surface area contributed by atoms with Crippen LogP contribution in [0.5, 0.6) is 5.88 Å². The maximum absolute atomic E-state index is 13.4. The predicted octanol–water partition coefficient (Wildman–Crippen LogP) is 2.31. The van der Waals surface area contributed by atoms with Crippen LogP contribution in [0.1, 0.15) is 12.0 Å². The van der Waals surface area contributed by atoms with Gasteiger partial charge in [0.25, 0.3) is 5.92 Å². The molecule has 1 heterocycles. The first kappa shape index (κ1) is 12.6. The van der Waals surface area contributed by atoms with Crippen molar-refractivity contribution in [3.63, 3.8) is 0 Å². The normalized spacial score (nSPS) is 11.2. The number of methoxy groups -OCH3 is 1. The molecule has 0 radical (unpaired) electrons. The molecule has 1 N–H and O–H groups in total. The van der Waals surface area contributed by atoms with Crippen molar-refractivity contribution in [1.29, 1.82) is 0 Å². The highest BCUT2D eigenvalue weighted by atomic mass is 35.5. The lowest BCUT2D eigenvalue weighted by molar-refractivity contribution is -0.145. The van der Waals surface area contributed by atoms with E-state index >= 15 is 0 Å². The Morgan fingerprint density at radius 2 is 2.25 bits per heavy atom. The summed E-state index contributed by atoms with van der Waals surface area (Å²) in [4.78, 5) is 13.8. The maximum atomic E-state index is 13.4. The molecule has 0 bridgehead atoms. The highest BCUT2D eigenvalue weighted by Gasteiger charge is 2.38. The molecule has 1 aromatic heterocycles. The number of pyridine rings is 1. The first-order valence-electron chi connectivity index (χ1n) is 4.17. The van der Waals surface area contributed by atoms with Gasteiger partial charge in [0.05, 0.1) is 12.7 Å². The molecule has 0 amide bonds. The van der Waals surface area contributed by atoms with Crippen molar-refractivity contribution in [2.45, 2.75) is 12.3 Å². The molecule has 7 heteroatoms. The molecule has 4 nitrogen and oxygen atoms in total. The van der Waals surface area contributed by atoms with E-state index in [0.29, 0.717) is 0 Å². The third kappa shape index (κ3) is 2.79. The zero-order valence-electron chi connectivity index (χ0n) is 8.21. The van der Waals surface area contributed by atoms with Crippen molar-refractivity contribution in [1.82, 2.24) is 4.98 Å². The highest BCUT2D eigenvalue weighted by molar-refractivity contribution is 6.29. The number of nitrogens with zero attached hydrogens (tertiary/aromatic N) is 1. The molecular formula is C9H8ClF2NO3. The molecule has 0 unspecified atom stereocenters. The van der Waals surface area contributed by atoms with Crippen LogP contribution >= 0.6 is 11.6 Å². The van der Waals surface area contributed by atoms with Gasteiger partial charge in [-0.3, -0.25) is 4.79 Å².